The Bertz CT molecular complexity index is 1390. The molecule has 4 rings (SSSR count). The molecule has 0 unspecified atom stereocenters. The van der Waals surface area contributed by atoms with E-state index in [4.69, 9.17) is 11.6 Å². The van der Waals surface area contributed by atoms with Gasteiger partial charge in [0.15, 0.2) is 20.7 Å². The van der Waals surface area contributed by atoms with Crippen molar-refractivity contribution in [2.24, 2.45) is 0 Å². The molecule has 2 aromatic heterocycles. The molecule has 202 valence electrons. The number of rotatable bonds is 9. The Morgan fingerprint density at radius 2 is 1.79 bits per heavy atom. The van der Waals surface area contributed by atoms with Crippen LogP contribution in [0, 0.1) is 0 Å². The van der Waals surface area contributed by atoms with Gasteiger partial charge in [-0.25, -0.2) is 18.4 Å². The molecule has 1 aromatic carbocycles. The highest BCUT2D eigenvalue weighted by Crippen LogP contribution is 2.29. The van der Waals surface area contributed by atoms with Gasteiger partial charge < -0.3 is 20.9 Å². The van der Waals surface area contributed by atoms with Crippen molar-refractivity contribution >= 4 is 56.2 Å². The van der Waals surface area contributed by atoms with Crippen LogP contribution in [-0.4, -0.2) is 84.1 Å². The van der Waals surface area contributed by atoms with Gasteiger partial charge in [0.1, 0.15) is 5.02 Å². The molecule has 11 nitrogen and oxygen atoms in total. The van der Waals surface area contributed by atoms with Gasteiger partial charge in [0.05, 0.1) is 23.7 Å². The molecule has 0 saturated carbocycles. The highest BCUT2D eigenvalue weighted by molar-refractivity contribution is 7.92. The summed E-state index contributed by atoms with van der Waals surface area (Å²) in [6.07, 6.45) is 2.83. The zero-order valence-electron chi connectivity index (χ0n) is 21.5. The van der Waals surface area contributed by atoms with Crippen LogP contribution in [0.4, 0.5) is 28.8 Å². The highest BCUT2D eigenvalue weighted by Gasteiger charge is 2.25. The lowest BCUT2D eigenvalue weighted by Gasteiger charge is -2.31. The molecule has 3 N–H and O–H groups in total. The van der Waals surface area contributed by atoms with E-state index in [1.165, 1.54) is 12.4 Å². The Kier molecular flexibility index (Phi) is 8.77. The summed E-state index contributed by atoms with van der Waals surface area (Å²) in [5.74, 6) is 0.369. The lowest BCUT2D eigenvalue weighted by Crippen LogP contribution is -2.47. The molecule has 0 bridgehead atoms. The highest BCUT2D eigenvalue weighted by atomic mass is 35.5. The van der Waals surface area contributed by atoms with Crippen molar-refractivity contribution in [3.63, 3.8) is 0 Å². The Balaban J connectivity index is 1.46. The van der Waals surface area contributed by atoms with E-state index in [-0.39, 0.29) is 33.4 Å². The molecule has 3 heterocycles. The van der Waals surface area contributed by atoms with Crippen LogP contribution < -0.4 is 16.0 Å². The van der Waals surface area contributed by atoms with Crippen molar-refractivity contribution in [3.05, 3.63) is 53.8 Å². The van der Waals surface area contributed by atoms with E-state index in [0.717, 1.165) is 26.2 Å². The number of amides is 1. The smallest absolute Gasteiger partial charge is 0.238 e. The molecule has 1 saturated heterocycles. The van der Waals surface area contributed by atoms with Gasteiger partial charge in [-0.2, -0.15) is 4.98 Å². The zero-order valence-corrected chi connectivity index (χ0v) is 23.1. The molecule has 1 aliphatic rings. The van der Waals surface area contributed by atoms with Crippen molar-refractivity contribution in [2.45, 2.75) is 24.1 Å². The number of halogens is 1. The third-order valence-electron chi connectivity index (χ3n) is 6.02. The fourth-order valence-electron chi connectivity index (χ4n) is 3.79. The second kappa shape index (κ2) is 12.0. The summed E-state index contributed by atoms with van der Waals surface area (Å²) in [5.41, 5.74) is 1.55. The van der Waals surface area contributed by atoms with Gasteiger partial charge in [-0.05, 0) is 51.2 Å². The van der Waals surface area contributed by atoms with Crippen molar-refractivity contribution in [1.29, 1.82) is 0 Å². The summed E-state index contributed by atoms with van der Waals surface area (Å²) in [5, 5.41) is 8.49. The van der Waals surface area contributed by atoms with Crippen molar-refractivity contribution in [2.75, 3.05) is 55.7 Å². The van der Waals surface area contributed by atoms with Gasteiger partial charge in [0.25, 0.3) is 0 Å². The SMILES string of the molecule is CC(C)S(=O)(=O)c1ncccc1Nc1nc(Nc2cccc(NC(=O)CN3CCN(C)CC3)c2)ncc1Cl. The average molecular weight is 559 g/mol. The fraction of sp³-hybridized carbons (Fsp3) is 0.360. The topological polar surface area (TPSA) is 132 Å². The van der Waals surface area contributed by atoms with Crippen LogP contribution in [-0.2, 0) is 14.6 Å². The molecular formula is C25H31ClN8O3S. The van der Waals surface area contributed by atoms with Crippen LogP contribution in [0.3, 0.4) is 0 Å². The van der Waals surface area contributed by atoms with Crippen LogP contribution in [0.1, 0.15) is 13.8 Å². The maximum Gasteiger partial charge on any atom is 0.238 e. The summed E-state index contributed by atoms with van der Waals surface area (Å²) in [6, 6.07) is 10.4. The molecule has 0 atom stereocenters. The quantitative estimate of drug-likeness (QED) is 0.359. The predicted octanol–water partition coefficient (Wildman–Crippen LogP) is 3.38. The molecule has 1 aliphatic heterocycles. The number of nitrogens with one attached hydrogen (secondary N) is 3. The van der Waals surface area contributed by atoms with Gasteiger partial charge >= 0.3 is 0 Å². The Hall–Kier alpha value is -3.32. The molecule has 0 radical (unpaired) electrons. The first kappa shape index (κ1) is 27.7. The number of carbonyl (C=O) groups is 1. The minimum atomic E-state index is -3.64. The summed E-state index contributed by atoms with van der Waals surface area (Å²) >= 11 is 6.31. The molecule has 38 heavy (non-hydrogen) atoms. The number of anilines is 5. The summed E-state index contributed by atoms with van der Waals surface area (Å²) in [7, 11) is -1.57. The largest absolute Gasteiger partial charge is 0.336 e. The number of nitrogens with zero attached hydrogens (tertiary/aromatic N) is 5. The molecule has 13 heteroatoms. The third kappa shape index (κ3) is 6.95. The summed E-state index contributed by atoms with van der Waals surface area (Å²) in [4.78, 5) is 29.6. The molecular weight excluding hydrogens is 528 g/mol. The number of hydrogen-bond donors (Lipinski definition) is 3. The minimum Gasteiger partial charge on any atom is -0.336 e. The standard InChI is InChI=1S/C25H31ClN8O3S/c1-17(2)38(36,37)24-21(8-5-9-27-24)31-23-20(26)15-28-25(32-23)30-19-7-4-6-18(14-19)29-22(35)16-34-12-10-33(3)11-13-34/h4-9,14-15,17H,10-13,16H2,1-3H3,(H,29,35)(H2,28,30,31,32). The monoisotopic (exact) mass is 558 g/mol. The van der Waals surface area contributed by atoms with E-state index in [0.29, 0.717) is 17.9 Å². The lowest BCUT2D eigenvalue weighted by molar-refractivity contribution is -0.117. The number of sulfone groups is 1. The van der Waals surface area contributed by atoms with Crippen molar-refractivity contribution in [3.8, 4) is 0 Å². The van der Waals surface area contributed by atoms with Gasteiger partial charge in [0.2, 0.25) is 11.9 Å². The first-order valence-electron chi connectivity index (χ1n) is 12.2. The predicted molar refractivity (Wildman–Crippen MR) is 149 cm³/mol. The Morgan fingerprint density at radius 3 is 2.53 bits per heavy atom. The molecule has 0 spiro atoms. The zero-order chi connectivity index (χ0) is 27.3. The lowest BCUT2D eigenvalue weighted by atomic mass is 10.2. The van der Waals surface area contributed by atoms with Gasteiger partial charge in [-0.3, -0.25) is 9.69 Å². The second-order valence-electron chi connectivity index (χ2n) is 9.30. The van der Waals surface area contributed by atoms with Crippen LogP contribution in [0.5, 0.6) is 0 Å². The van der Waals surface area contributed by atoms with Crippen LogP contribution in [0.25, 0.3) is 0 Å². The van der Waals surface area contributed by atoms with E-state index < -0.39 is 15.1 Å². The normalized spacial score (nSPS) is 14.9. The number of carbonyl (C=O) groups excluding carboxylic acids is 1. The fourth-order valence-corrected chi connectivity index (χ4v) is 5.01. The Labute approximate surface area is 227 Å². The number of pyridine rings is 1. The molecule has 3 aromatic rings. The van der Waals surface area contributed by atoms with E-state index in [9.17, 15) is 13.2 Å². The average Bonchev–Trinajstić information content (AvgIpc) is 2.88. The maximum absolute atomic E-state index is 12.8. The number of benzene rings is 1. The first-order valence-corrected chi connectivity index (χ1v) is 14.1. The van der Waals surface area contributed by atoms with Gasteiger partial charge in [0, 0.05) is 43.8 Å². The van der Waals surface area contributed by atoms with Gasteiger partial charge in [-0.1, -0.05) is 17.7 Å². The summed E-state index contributed by atoms with van der Waals surface area (Å²) in [6.45, 7) is 7.14. The van der Waals surface area contributed by atoms with E-state index in [1.54, 1.807) is 32.0 Å². The van der Waals surface area contributed by atoms with E-state index in [2.05, 4.69) is 47.7 Å². The van der Waals surface area contributed by atoms with Crippen molar-refractivity contribution < 1.29 is 13.2 Å². The maximum atomic E-state index is 12.8. The number of hydrogen-bond acceptors (Lipinski definition) is 10. The summed E-state index contributed by atoms with van der Waals surface area (Å²) < 4.78 is 25.5. The van der Waals surface area contributed by atoms with E-state index in [1.807, 2.05) is 18.2 Å². The number of piperazine rings is 1. The second-order valence-corrected chi connectivity index (χ2v) is 12.1. The van der Waals surface area contributed by atoms with Crippen LogP contribution in [0.2, 0.25) is 5.02 Å². The third-order valence-corrected chi connectivity index (χ3v) is 8.41. The number of likely N-dealkylation sites (N-methyl/N-ethyl adjacent to an activating group) is 1. The van der Waals surface area contributed by atoms with E-state index >= 15 is 0 Å². The van der Waals surface area contributed by atoms with Crippen molar-refractivity contribution in [1.82, 2.24) is 24.8 Å². The molecule has 0 aliphatic carbocycles. The van der Waals surface area contributed by atoms with Crippen LogP contribution >= 0.6 is 11.6 Å². The minimum absolute atomic E-state index is 0.0791. The first-order chi connectivity index (χ1) is 18.1. The Morgan fingerprint density at radius 1 is 1.05 bits per heavy atom. The van der Waals surface area contributed by atoms with Gasteiger partial charge in [-0.15, -0.1) is 0 Å². The number of aromatic nitrogens is 3. The molecule has 1 amide bonds. The van der Waals surface area contributed by atoms with Crippen LogP contribution in [0.15, 0.2) is 53.8 Å². The molecule has 1 fully saturated rings.